The average molecular weight is 301 g/mol. The molecule has 0 bridgehead atoms. The van der Waals surface area contributed by atoms with Gasteiger partial charge in [0, 0.05) is 13.0 Å². The fourth-order valence-electron chi connectivity index (χ4n) is 1.84. The molecule has 21 heavy (non-hydrogen) atoms. The lowest BCUT2D eigenvalue weighted by Crippen LogP contribution is -2.08. The molecule has 6 heteroatoms. The van der Waals surface area contributed by atoms with Crippen molar-refractivity contribution in [2.24, 2.45) is 0 Å². The van der Waals surface area contributed by atoms with E-state index in [1.54, 1.807) is 25.1 Å². The van der Waals surface area contributed by atoms with Gasteiger partial charge in [0.25, 0.3) is 0 Å². The van der Waals surface area contributed by atoms with E-state index >= 15 is 0 Å². The van der Waals surface area contributed by atoms with Gasteiger partial charge in [-0.3, -0.25) is 4.79 Å². The van der Waals surface area contributed by atoms with Crippen LogP contribution in [0.1, 0.15) is 32.6 Å². The normalized spacial score (nSPS) is 10.5. The third-order valence-electron chi connectivity index (χ3n) is 2.78. The molecule has 0 aliphatic carbocycles. The summed E-state index contributed by atoms with van der Waals surface area (Å²) in [6.45, 7) is -0.0217. The summed E-state index contributed by atoms with van der Waals surface area (Å²) in [7, 11) is 0. The minimum Gasteiger partial charge on any atom is -0.466 e. The number of alkyl halides is 2. The molecule has 0 fully saturated rings. The van der Waals surface area contributed by atoms with Crippen molar-refractivity contribution in [3.63, 3.8) is 0 Å². The minimum atomic E-state index is -2.84. The van der Waals surface area contributed by atoms with Gasteiger partial charge in [0.15, 0.2) is 0 Å². The predicted molar refractivity (Wildman–Crippen MR) is 76.7 cm³/mol. The molecule has 0 aliphatic rings. The Hall–Kier alpha value is -1.85. The lowest BCUT2D eigenvalue weighted by Gasteiger charge is -2.12. The standard InChI is InChI=1S/C15H21F2NO3/c1-2-20-14(19)10-4-3-7-11-18-12-8-5-6-9-13(12)21-15(16)17/h5-6,8-9,15,18H,2-4,7,10-11H2,1H3. The third kappa shape index (κ3) is 7.48. The molecule has 4 nitrogen and oxygen atoms in total. The second kappa shape index (κ2) is 9.96. The van der Waals surface area contributed by atoms with Gasteiger partial charge in [-0.2, -0.15) is 8.78 Å². The molecule has 0 amide bonds. The van der Waals surface area contributed by atoms with Crippen LogP contribution >= 0.6 is 0 Å². The van der Waals surface area contributed by atoms with E-state index in [1.165, 1.54) is 6.07 Å². The minimum absolute atomic E-state index is 0.138. The summed E-state index contributed by atoms with van der Waals surface area (Å²) in [5.41, 5.74) is 0.545. The number of carbonyl (C=O) groups is 1. The molecule has 0 unspecified atom stereocenters. The second-order valence-corrected chi connectivity index (χ2v) is 4.42. The van der Waals surface area contributed by atoms with Crippen LogP contribution in [0.15, 0.2) is 24.3 Å². The maximum absolute atomic E-state index is 12.2. The van der Waals surface area contributed by atoms with E-state index in [2.05, 4.69) is 10.1 Å². The van der Waals surface area contributed by atoms with Crippen molar-refractivity contribution < 1.29 is 23.0 Å². The number of ether oxygens (including phenoxy) is 2. The molecule has 0 aromatic heterocycles. The molecule has 0 atom stereocenters. The summed E-state index contributed by atoms with van der Waals surface area (Å²) in [5, 5.41) is 3.06. The second-order valence-electron chi connectivity index (χ2n) is 4.42. The molecule has 0 aliphatic heterocycles. The van der Waals surface area contributed by atoms with Crippen molar-refractivity contribution in [3.05, 3.63) is 24.3 Å². The van der Waals surface area contributed by atoms with Crippen LogP contribution in [0.3, 0.4) is 0 Å². The Morgan fingerprint density at radius 3 is 2.71 bits per heavy atom. The van der Waals surface area contributed by atoms with Gasteiger partial charge in [-0.1, -0.05) is 18.6 Å². The zero-order chi connectivity index (χ0) is 15.5. The average Bonchev–Trinajstić information content (AvgIpc) is 2.44. The van der Waals surface area contributed by atoms with Gasteiger partial charge in [0.05, 0.1) is 12.3 Å². The van der Waals surface area contributed by atoms with E-state index in [-0.39, 0.29) is 11.7 Å². The first-order chi connectivity index (χ1) is 10.1. The van der Waals surface area contributed by atoms with Crippen LogP contribution in [0, 0.1) is 0 Å². The van der Waals surface area contributed by atoms with Crippen molar-refractivity contribution >= 4 is 11.7 Å². The van der Waals surface area contributed by atoms with Crippen LogP contribution in [-0.4, -0.2) is 25.7 Å². The highest BCUT2D eigenvalue weighted by Gasteiger charge is 2.08. The van der Waals surface area contributed by atoms with Crippen molar-refractivity contribution in [2.45, 2.75) is 39.2 Å². The molecule has 1 rings (SSSR count). The first-order valence-electron chi connectivity index (χ1n) is 7.06. The summed E-state index contributed by atoms with van der Waals surface area (Å²) < 4.78 is 33.7. The number of hydrogen-bond donors (Lipinski definition) is 1. The first-order valence-corrected chi connectivity index (χ1v) is 7.06. The largest absolute Gasteiger partial charge is 0.466 e. The fourth-order valence-corrected chi connectivity index (χ4v) is 1.84. The third-order valence-corrected chi connectivity index (χ3v) is 2.78. The molecule has 1 aromatic rings. The highest BCUT2D eigenvalue weighted by atomic mass is 19.3. The Morgan fingerprint density at radius 2 is 2.00 bits per heavy atom. The van der Waals surface area contributed by atoms with E-state index in [0.717, 1.165) is 19.3 Å². The van der Waals surface area contributed by atoms with Crippen LogP contribution in [0.4, 0.5) is 14.5 Å². The number of rotatable bonds is 10. The monoisotopic (exact) mass is 301 g/mol. The number of benzene rings is 1. The zero-order valence-electron chi connectivity index (χ0n) is 12.1. The molecule has 0 saturated heterocycles. The van der Waals surface area contributed by atoms with E-state index < -0.39 is 6.61 Å². The van der Waals surface area contributed by atoms with Crippen LogP contribution < -0.4 is 10.1 Å². The van der Waals surface area contributed by atoms with Gasteiger partial charge in [-0.15, -0.1) is 0 Å². The molecule has 0 spiro atoms. The lowest BCUT2D eigenvalue weighted by atomic mass is 10.2. The van der Waals surface area contributed by atoms with Gasteiger partial charge in [0.2, 0.25) is 0 Å². The highest BCUT2D eigenvalue weighted by molar-refractivity contribution is 5.69. The number of nitrogens with one attached hydrogen (secondary N) is 1. The van der Waals surface area contributed by atoms with E-state index in [4.69, 9.17) is 4.74 Å². The summed E-state index contributed by atoms with van der Waals surface area (Å²) in [6, 6.07) is 6.58. The number of carbonyl (C=O) groups excluding carboxylic acids is 1. The quantitative estimate of drug-likeness (QED) is 0.527. The Bertz CT molecular complexity index is 427. The van der Waals surface area contributed by atoms with Crippen LogP contribution in [-0.2, 0) is 9.53 Å². The molecule has 118 valence electrons. The lowest BCUT2D eigenvalue weighted by molar-refractivity contribution is -0.143. The molecular formula is C15H21F2NO3. The Morgan fingerprint density at radius 1 is 1.24 bits per heavy atom. The maximum Gasteiger partial charge on any atom is 0.387 e. The number of esters is 1. The van der Waals surface area contributed by atoms with Gasteiger partial charge in [-0.25, -0.2) is 0 Å². The molecule has 1 aromatic carbocycles. The Balaban J connectivity index is 2.22. The molecule has 0 heterocycles. The zero-order valence-corrected chi connectivity index (χ0v) is 12.1. The molecular weight excluding hydrogens is 280 g/mol. The molecule has 0 radical (unpaired) electrons. The number of unbranched alkanes of at least 4 members (excludes halogenated alkanes) is 2. The van der Waals surface area contributed by atoms with Crippen LogP contribution in [0.5, 0.6) is 5.75 Å². The fraction of sp³-hybridized carbons (Fsp3) is 0.533. The Kier molecular flexibility index (Phi) is 8.16. The van der Waals surface area contributed by atoms with Gasteiger partial charge >= 0.3 is 12.6 Å². The van der Waals surface area contributed by atoms with E-state index in [9.17, 15) is 13.6 Å². The van der Waals surface area contributed by atoms with Gasteiger partial charge in [-0.05, 0) is 31.9 Å². The maximum atomic E-state index is 12.2. The smallest absolute Gasteiger partial charge is 0.387 e. The SMILES string of the molecule is CCOC(=O)CCCCCNc1ccccc1OC(F)F. The van der Waals surface area contributed by atoms with Crippen LogP contribution in [0.25, 0.3) is 0 Å². The number of hydrogen-bond acceptors (Lipinski definition) is 4. The summed E-state index contributed by atoms with van der Waals surface area (Å²) >= 11 is 0. The van der Waals surface area contributed by atoms with E-state index in [0.29, 0.717) is 25.3 Å². The van der Waals surface area contributed by atoms with Crippen molar-refractivity contribution in [3.8, 4) is 5.75 Å². The van der Waals surface area contributed by atoms with Crippen LogP contribution in [0.2, 0.25) is 0 Å². The van der Waals surface area contributed by atoms with Gasteiger partial charge < -0.3 is 14.8 Å². The van der Waals surface area contributed by atoms with Crippen molar-refractivity contribution in [1.82, 2.24) is 0 Å². The van der Waals surface area contributed by atoms with E-state index in [1.807, 2.05) is 0 Å². The molecule has 1 N–H and O–H groups in total. The van der Waals surface area contributed by atoms with Crippen molar-refractivity contribution in [2.75, 3.05) is 18.5 Å². The molecule has 0 saturated carbocycles. The number of halogens is 2. The van der Waals surface area contributed by atoms with Crippen molar-refractivity contribution in [1.29, 1.82) is 0 Å². The summed E-state index contributed by atoms with van der Waals surface area (Å²) in [5.74, 6) is -0.0415. The number of anilines is 1. The summed E-state index contributed by atoms with van der Waals surface area (Å²) in [6.07, 6.45) is 2.88. The summed E-state index contributed by atoms with van der Waals surface area (Å²) in [4.78, 5) is 11.1. The van der Waals surface area contributed by atoms with Gasteiger partial charge in [0.1, 0.15) is 5.75 Å². The Labute approximate surface area is 123 Å². The number of para-hydroxylation sites is 2. The predicted octanol–water partition coefficient (Wildman–Crippen LogP) is 3.82. The highest BCUT2D eigenvalue weighted by Crippen LogP contribution is 2.25. The first kappa shape index (κ1) is 17.2. The topological polar surface area (TPSA) is 47.6 Å².